The van der Waals surface area contributed by atoms with Crippen LogP contribution in [0.15, 0.2) is 12.5 Å². The molecular weight excluding hydrogens is 218 g/mol. The number of carboxylic acid groups (broad SMARTS) is 1. The first kappa shape index (κ1) is 12.1. The van der Waals surface area contributed by atoms with Crippen LogP contribution in [0.1, 0.15) is 31.9 Å². The number of carbonyl (C=O) groups is 1. The minimum Gasteiger partial charge on any atom is -0.480 e. The summed E-state index contributed by atoms with van der Waals surface area (Å²) in [6, 6.07) is -0.403. The summed E-state index contributed by atoms with van der Waals surface area (Å²) in [5.41, 5.74) is 1.05. The lowest BCUT2D eigenvalue weighted by Crippen LogP contribution is -2.38. The monoisotopic (exact) mass is 237 g/mol. The summed E-state index contributed by atoms with van der Waals surface area (Å²) < 4.78 is 2.07. The fourth-order valence-electron chi connectivity index (χ4n) is 2.04. The Kier molecular flexibility index (Phi) is 3.78. The molecule has 1 fully saturated rings. The van der Waals surface area contributed by atoms with Crippen molar-refractivity contribution in [3.05, 3.63) is 18.2 Å². The van der Waals surface area contributed by atoms with Crippen LogP contribution in [0.5, 0.6) is 0 Å². The summed E-state index contributed by atoms with van der Waals surface area (Å²) >= 11 is 0. The van der Waals surface area contributed by atoms with Gasteiger partial charge in [0, 0.05) is 19.3 Å². The van der Waals surface area contributed by atoms with Crippen molar-refractivity contribution in [3.8, 4) is 0 Å². The van der Waals surface area contributed by atoms with Crippen molar-refractivity contribution < 1.29 is 9.90 Å². The second kappa shape index (κ2) is 5.31. The molecule has 1 aliphatic rings. The molecule has 94 valence electrons. The molecule has 5 nitrogen and oxygen atoms in total. The van der Waals surface area contributed by atoms with Gasteiger partial charge < -0.3 is 9.67 Å². The van der Waals surface area contributed by atoms with Gasteiger partial charge in [0.1, 0.15) is 6.04 Å². The molecule has 1 aliphatic carbocycles. The zero-order valence-electron chi connectivity index (χ0n) is 10.1. The summed E-state index contributed by atoms with van der Waals surface area (Å²) in [7, 11) is 0. The lowest BCUT2D eigenvalue weighted by atomic mass is 10.2. The maximum absolute atomic E-state index is 11.1. The highest BCUT2D eigenvalue weighted by atomic mass is 16.4. The Morgan fingerprint density at radius 2 is 2.47 bits per heavy atom. The van der Waals surface area contributed by atoms with E-state index in [4.69, 9.17) is 5.11 Å². The van der Waals surface area contributed by atoms with E-state index in [1.165, 1.54) is 0 Å². The van der Waals surface area contributed by atoms with Gasteiger partial charge >= 0.3 is 5.97 Å². The molecule has 0 aliphatic heterocycles. The summed E-state index contributed by atoms with van der Waals surface area (Å²) in [6.45, 7) is 3.62. The van der Waals surface area contributed by atoms with Crippen molar-refractivity contribution in [2.75, 3.05) is 0 Å². The molecule has 5 heteroatoms. The van der Waals surface area contributed by atoms with Gasteiger partial charge in [0.25, 0.3) is 0 Å². The van der Waals surface area contributed by atoms with Crippen molar-refractivity contribution in [3.63, 3.8) is 0 Å². The predicted octanol–water partition coefficient (Wildman–Crippen LogP) is 1.25. The molecule has 1 aromatic heterocycles. The summed E-state index contributed by atoms with van der Waals surface area (Å²) in [6.07, 6.45) is 6.70. The van der Waals surface area contributed by atoms with Gasteiger partial charge in [-0.2, -0.15) is 0 Å². The first-order valence-electron chi connectivity index (χ1n) is 6.17. The summed E-state index contributed by atoms with van der Waals surface area (Å²) in [5, 5.41) is 12.2. The van der Waals surface area contributed by atoms with E-state index in [9.17, 15) is 4.79 Å². The maximum Gasteiger partial charge on any atom is 0.320 e. The molecule has 1 saturated carbocycles. The van der Waals surface area contributed by atoms with Crippen molar-refractivity contribution in [2.45, 2.75) is 45.3 Å². The largest absolute Gasteiger partial charge is 0.480 e. The highest BCUT2D eigenvalue weighted by molar-refractivity contribution is 5.74. The minimum atomic E-state index is -0.742. The molecule has 2 N–H and O–H groups in total. The molecule has 0 bridgehead atoms. The van der Waals surface area contributed by atoms with E-state index in [0.717, 1.165) is 31.5 Å². The van der Waals surface area contributed by atoms with E-state index < -0.39 is 12.0 Å². The topological polar surface area (TPSA) is 67.2 Å². The molecule has 0 saturated heterocycles. The molecule has 1 atom stereocenters. The number of aliphatic carboxylic acids is 1. The maximum atomic E-state index is 11.1. The van der Waals surface area contributed by atoms with Crippen LogP contribution in [0.3, 0.4) is 0 Å². The van der Waals surface area contributed by atoms with Gasteiger partial charge in [-0.25, -0.2) is 4.98 Å². The Balaban J connectivity index is 1.91. The van der Waals surface area contributed by atoms with E-state index in [-0.39, 0.29) is 0 Å². The third kappa shape index (κ3) is 3.06. The van der Waals surface area contributed by atoms with Crippen LogP contribution < -0.4 is 5.32 Å². The highest BCUT2D eigenvalue weighted by Crippen LogP contribution is 2.32. The zero-order valence-corrected chi connectivity index (χ0v) is 10.1. The Morgan fingerprint density at radius 3 is 3.06 bits per heavy atom. The van der Waals surface area contributed by atoms with E-state index in [1.807, 2.05) is 0 Å². The van der Waals surface area contributed by atoms with Crippen LogP contribution in [0, 0.1) is 5.92 Å². The number of imidazole rings is 1. The number of hydrogen-bond donors (Lipinski definition) is 2. The molecule has 1 heterocycles. The van der Waals surface area contributed by atoms with Crippen molar-refractivity contribution in [2.24, 2.45) is 5.92 Å². The average molecular weight is 237 g/mol. The summed E-state index contributed by atoms with van der Waals surface area (Å²) in [5.74, 6) is -0.427. The van der Waals surface area contributed by atoms with Gasteiger partial charge in [0.15, 0.2) is 0 Å². The molecule has 0 aromatic carbocycles. The standard InChI is InChI=1S/C12H19N3O2/c1-2-5-15-8-13-6-10(15)7-14-11(12(16)17)9-3-4-9/h6,8-9,11,14H,2-5,7H2,1H3,(H,16,17). The molecule has 1 aromatic rings. The van der Waals surface area contributed by atoms with Crippen molar-refractivity contribution >= 4 is 5.97 Å². The molecular formula is C12H19N3O2. The van der Waals surface area contributed by atoms with Crippen LogP contribution in [-0.4, -0.2) is 26.7 Å². The fourth-order valence-corrected chi connectivity index (χ4v) is 2.04. The van der Waals surface area contributed by atoms with Crippen LogP contribution >= 0.6 is 0 Å². The van der Waals surface area contributed by atoms with Crippen LogP contribution in [-0.2, 0) is 17.9 Å². The second-order valence-electron chi connectivity index (χ2n) is 4.61. The Morgan fingerprint density at radius 1 is 1.71 bits per heavy atom. The Hall–Kier alpha value is -1.36. The first-order valence-corrected chi connectivity index (χ1v) is 6.17. The number of rotatable bonds is 7. The lowest BCUT2D eigenvalue weighted by Gasteiger charge is -2.14. The van der Waals surface area contributed by atoms with Gasteiger partial charge in [-0.1, -0.05) is 6.92 Å². The van der Waals surface area contributed by atoms with Crippen LogP contribution in [0.4, 0.5) is 0 Å². The van der Waals surface area contributed by atoms with Crippen LogP contribution in [0.25, 0.3) is 0 Å². The minimum absolute atomic E-state index is 0.315. The average Bonchev–Trinajstić information content (AvgIpc) is 3.02. The normalized spacial score (nSPS) is 17.0. The van der Waals surface area contributed by atoms with Gasteiger partial charge in [-0.05, 0) is 25.2 Å². The predicted molar refractivity (Wildman–Crippen MR) is 63.5 cm³/mol. The van der Waals surface area contributed by atoms with E-state index >= 15 is 0 Å². The van der Waals surface area contributed by atoms with Gasteiger partial charge in [-0.3, -0.25) is 10.1 Å². The number of aryl methyl sites for hydroxylation is 1. The first-order chi connectivity index (χ1) is 8.22. The van der Waals surface area contributed by atoms with Gasteiger partial charge in [-0.15, -0.1) is 0 Å². The Labute approximate surface area is 101 Å². The van der Waals surface area contributed by atoms with E-state index in [2.05, 4.69) is 21.8 Å². The quantitative estimate of drug-likeness (QED) is 0.749. The highest BCUT2D eigenvalue weighted by Gasteiger charge is 2.35. The number of nitrogens with zero attached hydrogens (tertiary/aromatic N) is 2. The third-order valence-corrected chi connectivity index (χ3v) is 3.13. The van der Waals surface area contributed by atoms with E-state index in [1.54, 1.807) is 12.5 Å². The molecule has 2 rings (SSSR count). The fraction of sp³-hybridized carbons (Fsp3) is 0.667. The molecule has 0 radical (unpaired) electrons. The molecule has 0 spiro atoms. The number of aromatic nitrogens is 2. The molecule has 0 amide bonds. The SMILES string of the molecule is CCCn1cncc1CNC(C(=O)O)C1CC1. The smallest absolute Gasteiger partial charge is 0.320 e. The molecule has 1 unspecified atom stereocenters. The van der Waals surface area contributed by atoms with Crippen LogP contribution in [0.2, 0.25) is 0 Å². The number of nitrogens with one attached hydrogen (secondary N) is 1. The van der Waals surface area contributed by atoms with Gasteiger partial charge in [0.2, 0.25) is 0 Å². The third-order valence-electron chi connectivity index (χ3n) is 3.13. The molecule has 17 heavy (non-hydrogen) atoms. The van der Waals surface area contributed by atoms with Gasteiger partial charge in [0.05, 0.1) is 12.0 Å². The Bertz CT molecular complexity index is 385. The van der Waals surface area contributed by atoms with E-state index in [0.29, 0.717) is 12.5 Å². The number of carboxylic acids is 1. The number of hydrogen-bond acceptors (Lipinski definition) is 3. The lowest BCUT2D eigenvalue weighted by molar-refractivity contribution is -0.140. The summed E-state index contributed by atoms with van der Waals surface area (Å²) in [4.78, 5) is 15.2. The second-order valence-corrected chi connectivity index (χ2v) is 4.61. The zero-order chi connectivity index (χ0) is 12.3. The van der Waals surface area contributed by atoms with Crippen molar-refractivity contribution in [1.82, 2.24) is 14.9 Å². The van der Waals surface area contributed by atoms with Crippen molar-refractivity contribution in [1.29, 1.82) is 0 Å².